The summed E-state index contributed by atoms with van der Waals surface area (Å²) in [5.74, 6) is 2.60. The van der Waals surface area contributed by atoms with E-state index in [1.54, 1.807) is 14.2 Å². The van der Waals surface area contributed by atoms with Crippen molar-refractivity contribution in [3.05, 3.63) is 42.0 Å². The molecule has 2 unspecified atom stereocenters. The van der Waals surface area contributed by atoms with Gasteiger partial charge < -0.3 is 20.3 Å². The average Bonchev–Trinajstić information content (AvgIpc) is 3.12. The molecule has 0 saturated carbocycles. The highest BCUT2D eigenvalue weighted by molar-refractivity contribution is 14.0. The first-order chi connectivity index (χ1) is 13.6. The van der Waals surface area contributed by atoms with Crippen LogP contribution in [0.2, 0.25) is 0 Å². The second kappa shape index (κ2) is 11.3. The molecule has 3 rings (SSSR count). The minimum atomic E-state index is 0. The Bertz CT molecular complexity index is 780. The maximum Gasteiger partial charge on any atom is 0.191 e. The summed E-state index contributed by atoms with van der Waals surface area (Å²) in [5, 5.41) is 11.5. The number of hydrogen-bond acceptors (Lipinski definition) is 5. The highest BCUT2D eigenvalue weighted by Crippen LogP contribution is 2.14. The molecule has 160 valence electrons. The van der Waals surface area contributed by atoms with Crippen LogP contribution in [0, 0.1) is 0 Å². The molecule has 2 heterocycles. The summed E-state index contributed by atoms with van der Waals surface area (Å²) in [6.07, 6.45) is 1.91. The number of ether oxygens (including phenoxy) is 1. The van der Waals surface area contributed by atoms with Gasteiger partial charge in [0.05, 0.1) is 6.54 Å². The molecular formula is C20H32IN7O. The smallest absolute Gasteiger partial charge is 0.191 e. The van der Waals surface area contributed by atoms with Crippen LogP contribution in [0.15, 0.2) is 35.3 Å². The van der Waals surface area contributed by atoms with Gasteiger partial charge in [0.15, 0.2) is 11.8 Å². The maximum absolute atomic E-state index is 5.13. The van der Waals surface area contributed by atoms with E-state index in [9.17, 15) is 0 Å². The molecule has 9 heteroatoms. The Morgan fingerprint density at radius 2 is 2.14 bits per heavy atom. The van der Waals surface area contributed by atoms with E-state index in [2.05, 4.69) is 68.8 Å². The lowest BCUT2D eigenvalue weighted by Crippen LogP contribution is -2.50. The Morgan fingerprint density at radius 1 is 1.38 bits per heavy atom. The molecule has 8 nitrogen and oxygen atoms in total. The van der Waals surface area contributed by atoms with E-state index in [-0.39, 0.29) is 30.0 Å². The lowest BCUT2D eigenvalue weighted by atomic mass is 10.1. The van der Waals surface area contributed by atoms with E-state index in [0.717, 1.165) is 43.5 Å². The molecule has 2 N–H and O–H groups in total. The zero-order valence-corrected chi connectivity index (χ0v) is 20.0. The van der Waals surface area contributed by atoms with Gasteiger partial charge in [-0.15, -0.1) is 24.0 Å². The van der Waals surface area contributed by atoms with Crippen molar-refractivity contribution in [3.8, 4) is 0 Å². The van der Waals surface area contributed by atoms with Crippen molar-refractivity contribution in [1.82, 2.24) is 25.4 Å². The van der Waals surface area contributed by atoms with Crippen molar-refractivity contribution in [1.29, 1.82) is 0 Å². The first-order valence-electron chi connectivity index (χ1n) is 9.77. The number of methoxy groups -OCH3 is 1. The Morgan fingerprint density at radius 3 is 2.83 bits per heavy atom. The third-order valence-corrected chi connectivity index (χ3v) is 5.13. The lowest BCUT2D eigenvalue weighted by molar-refractivity contribution is 0.177. The highest BCUT2D eigenvalue weighted by atomic mass is 127. The van der Waals surface area contributed by atoms with Crippen LogP contribution in [0.25, 0.3) is 0 Å². The molecule has 0 saturated heterocycles. The molecule has 1 aliphatic rings. The fraction of sp³-hybridized carbons (Fsp3) is 0.550. The van der Waals surface area contributed by atoms with Gasteiger partial charge in [-0.1, -0.05) is 18.2 Å². The van der Waals surface area contributed by atoms with Gasteiger partial charge in [-0.25, -0.2) is 9.67 Å². The van der Waals surface area contributed by atoms with Crippen LogP contribution in [0.5, 0.6) is 0 Å². The number of fused-ring (bicyclic) bond motifs is 1. The van der Waals surface area contributed by atoms with Crippen molar-refractivity contribution < 1.29 is 4.74 Å². The summed E-state index contributed by atoms with van der Waals surface area (Å²) in [6, 6.07) is 11.0. The van der Waals surface area contributed by atoms with E-state index in [0.29, 0.717) is 12.6 Å². The number of guanidine groups is 1. The number of likely N-dealkylation sites (N-methyl/N-ethyl adjacent to an activating group) is 1. The summed E-state index contributed by atoms with van der Waals surface area (Å²) in [5.41, 5.74) is 1.21. The van der Waals surface area contributed by atoms with Gasteiger partial charge in [0, 0.05) is 51.9 Å². The molecular weight excluding hydrogens is 481 g/mol. The quantitative estimate of drug-likeness (QED) is 0.335. The standard InChI is InChI=1S/C20H31N7O.HI/c1-15(26(3)17-8-6-5-7-9-17)12-22-20(21-2)23-16-10-11-19-24-18(14-28-4)25-27(19)13-16;/h5-9,15-16H,10-14H2,1-4H3,(H2,21,22,23);1H. The number of nitrogens with zero attached hydrogens (tertiary/aromatic N) is 5. The van der Waals surface area contributed by atoms with Crippen LogP contribution < -0.4 is 15.5 Å². The van der Waals surface area contributed by atoms with Gasteiger partial charge in [0.2, 0.25) is 0 Å². The van der Waals surface area contributed by atoms with E-state index < -0.39 is 0 Å². The van der Waals surface area contributed by atoms with Crippen LogP contribution in [0.4, 0.5) is 5.69 Å². The van der Waals surface area contributed by atoms with E-state index in [1.807, 2.05) is 10.7 Å². The maximum atomic E-state index is 5.13. The third kappa shape index (κ3) is 6.30. The van der Waals surface area contributed by atoms with Crippen LogP contribution in [-0.2, 0) is 24.3 Å². The lowest BCUT2D eigenvalue weighted by Gasteiger charge is -2.29. The predicted molar refractivity (Wildman–Crippen MR) is 127 cm³/mol. The Kier molecular flexibility index (Phi) is 9.15. The van der Waals surface area contributed by atoms with Gasteiger partial charge in [-0.3, -0.25) is 4.99 Å². The van der Waals surface area contributed by atoms with Gasteiger partial charge in [0.25, 0.3) is 0 Å². The molecule has 0 amide bonds. The second-order valence-electron chi connectivity index (χ2n) is 7.19. The number of aliphatic imine (C=N–C) groups is 1. The van der Waals surface area contributed by atoms with Crippen LogP contribution in [-0.4, -0.2) is 60.6 Å². The largest absolute Gasteiger partial charge is 0.377 e. The molecule has 0 fully saturated rings. The number of aromatic nitrogens is 3. The fourth-order valence-electron chi connectivity index (χ4n) is 3.36. The van der Waals surface area contributed by atoms with Crippen molar-refractivity contribution in [2.24, 2.45) is 4.99 Å². The Labute approximate surface area is 190 Å². The van der Waals surface area contributed by atoms with Crippen LogP contribution >= 0.6 is 24.0 Å². The molecule has 0 bridgehead atoms. The number of hydrogen-bond donors (Lipinski definition) is 2. The third-order valence-electron chi connectivity index (χ3n) is 5.13. The van der Waals surface area contributed by atoms with Crippen molar-refractivity contribution in [2.45, 2.75) is 45.0 Å². The number of halogens is 1. The molecule has 0 spiro atoms. The van der Waals surface area contributed by atoms with E-state index >= 15 is 0 Å². The first-order valence-corrected chi connectivity index (χ1v) is 9.77. The molecule has 1 aromatic heterocycles. The summed E-state index contributed by atoms with van der Waals surface area (Å²) in [4.78, 5) is 11.2. The minimum absolute atomic E-state index is 0. The molecule has 2 atom stereocenters. The molecule has 1 aliphatic heterocycles. The minimum Gasteiger partial charge on any atom is -0.377 e. The van der Waals surface area contributed by atoms with Gasteiger partial charge in [-0.2, -0.15) is 5.10 Å². The molecule has 29 heavy (non-hydrogen) atoms. The fourth-order valence-corrected chi connectivity index (χ4v) is 3.36. The summed E-state index contributed by atoms with van der Waals surface area (Å²) in [6.45, 7) is 4.23. The average molecular weight is 513 g/mol. The van der Waals surface area contributed by atoms with Gasteiger partial charge in [-0.05, 0) is 25.5 Å². The topological polar surface area (TPSA) is 79.6 Å². The number of para-hydroxylation sites is 1. The van der Waals surface area contributed by atoms with Gasteiger partial charge in [0.1, 0.15) is 12.4 Å². The summed E-state index contributed by atoms with van der Waals surface area (Å²) >= 11 is 0. The van der Waals surface area contributed by atoms with Gasteiger partial charge >= 0.3 is 0 Å². The molecule has 2 aromatic rings. The number of anilines is 1. The summed E-state index contributed by atoms with van der Waals surface area (Å²) in [7, 11) is 5.58. The summed E-state index contributed by atoms with van der Waals surface area (Å²) < 4.78 is 7.11. The SMILES string of the molecule is CN=C(NCC(C)N(C)c1ccccc1)NC1CCc2nc(COC)nn2C1.I. The molecule has 1 aromatic carbocycles. The van der Waals surface area contributed by atoms with E-state index in [4.69, 9.17) is 4.74 Å². The predicted octanol–water partition coefficient (Wildman–Crippen LogP) is 2.05. The zero-order valence-electron chi connectivity index (χ0n) is 17.6. The number of nitrogens with one attached hydrogen (secondary N) is 2. The van der Waals surface area contributed by atoms with Crippen molar-refractivity contribution in [2.75, 3.05) is 32.6 Å². The van der Waals surface area contributed by atoms with Crippen molar-refractivity contribution >= 4 is 35.6 Å². The first kappa shape index (κ1) is 23.4. The monoisotopic (exact) mass is 513 g/mol. The normalized spacial score (nSPS) is 17.1. The Balaban J connectivity index is 0.00000300. The van der Waals surface area contributed by atoms with Crippen LogP contribution in [0.1, 0.15) is 25.0 Å². The Hall–Kier alpha value is -1.88. The number of aryl methyl sites for hydroxylation is 1. The van der Waals surface area contributed by atoms with Crippen molar-refractivity contribution in [3.63, 3.8) is 0 Å². The van der Waals surface area contributed by atoms with E-state index in [1.165, 1.54) is 5.69 Å². The zero-order chi connectivity index (χ0) is 19.9. The molecule has 0 aliphatic carbocycles. The highest BCUT2D eigenvalue weighted by Gasteiger charge is 2.22. The van der Waals surface area contributed by atoms with Crippen LogP contribution in [0.3, 0.4) is 0 Å². The number of rotatable bonds is 7. The number of benzene rings is 1. The molecule has 0 radical (unpaired) electrons. The second-order valence-corrected chi connectivity index (χ2v) is 7.19.